The lowest BCUT2D eigenvalue weighted by atomic mass is 10.1. The van der Waals surface area contributed by atoms with Crippen LogP contribution >= 0.6 is 11.6 Å². The van der Waals surface area contributed by atoms with Crippen LogP contribution in [0.5, 0.6) is 5.75 Å². The first-order chi connectivity index (χ1) is 11.7. The molecule has 0 saturated carbocycles. The highest BCUT2D eigenvalue weighted by Gasteiger charge is 2.48. The van der Waals surface area contributed by atoms with Crippen LogP contribution in [0.2, 0.25) is 5.02 Å². The highest BCUT2D eigenvalue weighted by molar-refractivity contribution is 6.30. The Morgan fingerprint density at radius 2 is 1.83 bits per heavy atom. The Hall–Kier alpha value is -2.24. The molecule has 0 radical (unpaired) electrons. The third kappa shape index (κ3) is 2.32. The fourth-order valence-corrected chi connectivity index (χ4v) is 3.61. The van der Waals surface area contributed by atoms with Gasteiger partial charge in [-0.15, -0.1) is 0 Å². The molecule has 2 amide bonds. The first kappa shape index (κ1) is 15.3. The Kier molecular flexibility index (Phi) is 3.82. The number of fused-ring (bicyclic) bond motifs is 1. The van der Waals surface area contributed by atoms with Gasteiger partial charge in [-0.2, -0.15) is 5.01 Å². The number of hydrogen-bond donors (Lipinski definition) is 0. The molecule has 2 heterocycles. The molecular weight excluding hydrogens is 326 g/mol. The van der Waals surface area contributed by atoms with Crippen molar-refractivity contribution >= 4 is 23.3 Å². The Morgan fingerprint density at radius 1 is 1.08 bits per heavy atom. The number of para-hydroxylation sites is 1. The minimum Gasteiger partial charge on any atom is -0.496 e. The lowest BCUT2D eigenvalue weighted by molar-refractivity contribution is 0.0718. The van der Waals surface area contributed by atoms with Gasteiger partial charge in [0.1, 0.15) is 11.9 Å². The number of urea groups is 1. The molecule has 1 atom stereocenters. The Labute approximate surface area is 145 Å². The van der Waals surface area contributed by atoms with E-state index in [2.05, 4.69) is 5.01 Å². The van der Waals surface area contributed by atoms with Crippen molar-refractivity contribution in [1.29, 1.82) is 0 Å². The number of hydrazine groups is 1. The molecule has 0 aliphatic carbocycles. The first-order valence-electron chi connectivity index (χ1n) is 7.96. The average molecular weight is 344 g/mol. The van der Waals surface area contributed by atoms with Crippen LogP contribution in [-0.4, -0.2) is 36.2 Å². The number of rotatable bonds is 3. The van der Waals surface area contributed by atoms with E-state index in [4.69, 9.17) is 16.3 Å². The van der Waals surface area contributed by atoms with Gasteiger partial charge >= 0.3 is 6.03 Å². The van der Waals surface area contributed by atoms with Crippen LogP contribution < -0.4 is 9.64 Å². The monoisotopic (exact) mass is 343 g/mol. The molecule has 4 rings (SSSR count). The van der Waals surface area contributed by atoms with Crippen LogP contribution in [0.25, 0.3) is 0 Å². The number of nitrogens with zero attached hydrogens (tertiary/aromatic N) is 3. The molecule has 2 saturated heterocycles. The van der Waals surface area contributed by atoms with Crippen molar-refractivity contribution in [1.82, 2.24) is 10.0 Å². The molecule has 2 aliphatic rings. The van der Waals surface area contributed by atoms with Crippen LogP contribution in [0.15, 0.2) is 48.5 Å². The molecule has 0 bridgehead atoms. The van der Waals surface area contributed by atoms with Crippen LogP contribution in [0, 0.1) is 0 Å². The standard InChI is InChI=1S/C18H18ClN3O2/c1-24-16-6-3-2-5-15(16)17-20-11-4-12-21(20)18(23)22(17)14-9-7-13(19)8-10-14/h2-3,5-10,17H,4,11-12H2,1H3. The van der Waals surface area contributed by atoms with Crippen LogP contribution in [0.4, 0.5) is 10.5 Å². The fourth-order valence-electron chi connectivity index (χ4n) is 3.49. The summed E-state index contributed by atoms with van der Waals surface area (Å²) in [5, 5.41) is 4.60. The van der Waals surface area contributed by atoms with Gasteiger partial charge in [0.05, 0.1) is 7.11 Å². The smallest absolute Gasteiger partial charge is 0.340 e. The molecule has 124 valence electrons. The average Bonchev–Trinajstić information content (AvgIpc) is 3.18. The molecule has 2 aromatic rings. The molecule has 0 spiro atoms. The lowest BCUT2D eigenvalue weighted by Crippen LogP contribution is -2.32. The summed E-state index contributed by atoms with van der Waals surface area (Å²) in [6.45, 7) is 1.59. The van der Waals surface area contributed by atoms with Gasteiger partial charge in [-0.25, -0.2) is 4.79 Å². The van der Waals surface area contributed by atoms with Gasteiger partial charge in [0.2, 0.25) is 0 Å². The number of hydrogen-bond acceptors (Lipinski definition) is 3. The molecule has 24 heavy (non-hydrogen) atoms. The molecule has 1 unspecified atom stereocenters. The zero-order chi connectivity index (χ0) is 16.7. The fraction of sp³-hybridized carbons (Fsp3) is 0.278. The summed E-state index contributed by atoms with van der Waals surface area (Å²) in [7, 11) is 1.66. The van der Waals surface area contributed by atoms with E-state index in [1.807, 2.05) is 58.4 Å². The Bertz CT molecular complexity index is 765. The van der Waals surface area contributed by atoms with Gasteiger partial charge in [-0.1, -0.05) is 29.8 Å². The number of amides is 2. The zero-order valence-electron chi connectivity index (χ0n) is 13.4. The number of ether oxygens (including phenoxy) is 1. The van der Waals surface area contributed by atoms with E-state index in [1.54, 1.807) is 7.11 Å². The molecule has 2 fully saturated rings. The maximum atomic E-state index is 13.0. The summed E-state index contributed by atoms with van der Waals surface area (Å²) in [4.78, 5) is 14.8. The number of benzene rings is 2. The number of carbonyl (C=O) groups is 1. The predicted octanol–water partition coefficient (Wildman–Crippen LogP) is 3.91. The van der Waals surface area contributed by atoms with Gasteiger partial charge in [0, 0.05) is 29.4 Å². The van der Waals surface area contributed by atoms with E-state index in [0.717, 1.165) is 36.5 Å². The summed E-state index contributed by atoms with van der Waals surface area (Å²) in [6.07, 6.45) is 0.767. The highest BCUT2D eigenvalue weighted by atomic mass is 35.5. The summed E-state index contributed by atoms with van der Waals surface area (Å²) < 4.78 is 5.54. The third-order valence-electron chi connectivity index (χ3n) is 4.54. The topological polar surface area (TPSA) is 36.0 Å². The van der Waals surface area contributed by atoms with E-state index < -0.39 is 0 Å². The van der Waals surface area contributed by atoms with E-state index in [1.165, 1.54) is 0 Å². The van der Waals surface area contributed by atoms with Gasteiger partial charge in [-0.3, -0.25) is 9.91 Å². The highest BCUT2D eigenvalue weighted by Crippen LogP contribution is 2.43. The first-order valence-corrected chi connectivity index (χ1v) is 8.34. The quantitative estimate of drug-likeness (QED) is 0.847. The second kappa shape index (κ2) is 6.00. The SMILES string of the molecule is COc1ccccc1C1N(c2ccc(Cl)cc2)C(=O)N2CCCN12. The molecule has 2 aliphatic heterocycles. The molecule has 2 aromatic carbocycles. The van der Waals surface area contributed by atoms with Gasteiger partial charge in [0.25, 0.3) is 0 Å². The molecule has 0 aromatic heterocycles. The van der Waals surface area contributed by atoms with Crippen LogP contribution in [0.3, 0.4) is 0 Å². The summed E-state index contributed by atoms with van der Waals surface area (Å²) >= 11 is 6.01. The van der Waals surface area contributed by atoms with Gasteiger partial charge in [-0.05, 0) is 36.8 Å². The number of anilines is 1. The van der Waals surface area contributed by atoms with E-state index in [0.29, 0.717) is 5.02 Å². The van der Waals surface area contributed by atoms with E-state index in [-0.39, 0.29) is 12.2 Å². The normalized spacial score (nSPS) is 20.6. The van der Waals surface area contributed by atoms with Crippen molar-refractivity contribution in [3.63, 3.8) is 0 Å². The molecular formula is C18H18ClN3O2. The van der Waals surface area contributed by atoms with Crippen molar-refractivity contribution in [3.05, 3.63) is 59.1 Å². The Morgan fingerprint density at radius 3 is 2.58 bits per heavy atom. The number of methoxy groups -OCH3 is 1. The minimum atomic E-state index is -0.211. The number of halogens is 1. The van der Waals surface area contributed by atoms with Crippen molar-refractivity contribution in [2.24, 2.45) is 0 Å². The molecule has 6 heteroatoms. The summed E-state index contributed by atoms with van der Waals surface area (Å²) in [5.41, 5.74) is 1.81. The van der Waals surface area contributed by atoms with Crippen molar-refractivity contribution in [2.45, 2.75) is 12.6 Å². The lowest BCUT2D eigenvalue weighted by Gasteiger charge is -2.29. The summed E-state index contributed by atoms with van der Waals surface area (Å²) in [5.74, 6) is 0.781. The zero-order valence-corrected chi connectivity index (χ0v) is 14.1. The maximum absolute atomic E-state index is 13.0. The maximum Gasteiger partial charge on any atom is 0.340 e. The summed E-state index contributed by atoms with van der Waals surface area (Å²) in [6, 6.07) is 15.2. The largest absolute Gasteiger partial charge is 0.496 e. The third-order valence-corrected chi connectivity index (χ3v) is 4.79. The van der Waals surface area contributed by atoms with E-state index in [9.17, 15) is 4.79 Å². The van der Waals surface area contributed by atoms with Gasteiger partial charge in [0.15, 0.2) is 0 Å². The van der Waals surface area contributed by atoms with Crippen molar-refractivity contribution < 1.29 is 9.53 Å². The van der Waals surface area contributed by atoms with E-state index >= 15 is 0 Å². The van der Waals surface area contributed by atoms with Gasteiger partial charge < -0.3 is 4.74 Å². The van der Waals surface area contributed by atoms with Crippen molar-refractivity contribution in [3.8, 4) is 5.75 Å². The van der Waals surface area contributed by atoms with Crippen LogP contribution in [-0.2, 0) is 0 Å². The van der Waals surface area contributed by atoms with Crippen molar-refractivity contribution in [2.75, 3.05) is 25.1 Å². The minimum absolute atomic E-state index is 0.00858. The second-order valence-corrected chi connectivity index (χ2v) is 6.32. The second-order valence-electron chi connectivity index (χ2n) is 5.88. The number of carbonyl (C=O) groups excluding carboxylic acids is 1. The van der Waals surface area contributed by atoms with Crippen LogP contribution in [0.1, 0.15) is 18.2 Å². The molecule has 0 N–H and O–H groups in total. The Balaban J connectivity index is 1.83. The predicted molar refractivity (Wildman–Crippen MR) is 93.1 cm³/mol. The molecule has 5 nitrogen and oxygen atoms in total.